The van der Waals surface area contributed by atoms with Gasteiger partial charge in [0.15, 0.2) is 11.5 Å². The molecule has 154 valence electrons. The maximum atomic E-state index is 6.12. The first-order chi connectivity index (χ1) is 14.7. The topological polar surface area (TPSA) is 33.4 Å². The van der Waals surface area contributed by atoms with Crippen LogP contribution in [0.2, 0.25) is 4.34 Å². The molecular formula is C24H25ClN4S. The number of halogens is 1. The lowest BCUT2D eigenvalue weighted by atomic mass is 10.1. The molecule has 1 aliphatic rings. The van der Waals surface area contributed by atoms with Gasteiger partial charge in [0.2, 0.25) is 0 Å². The Balaban J connectivity index is 1.26. The van der Waals surface area contributed by atoms with E-state index in [4.69, 9.17) is 21.7 Å². The van der Waals surface area contributed by atoms with Crippen molar-refractivity contribution in [1.29, 1.82) is 0 Å². The predicted octanol–water partition coefficient (Wildman–Crippen LogP) is 5.73. The van der Waals surface area contributed by atoms with Crippen molar-refractivity contribution in [2.75, 3.05) is 19.6 Å². The van der Waals surface area contributed by atoms with E-state index in [0.29, 0.717) is 0 Å². The first-order valence-corrected chi connectivity index (χ1v) is 11.8. The minimum absolute atomic E-state index is 0.736. The molecule has 1 saturated heterocycles. The van der Waals surface area contributed by atoms with Gasteiger partial charge in [0.25, 0.3) is 0 Å². The van der Waals surface area contributed by atoms with Gasteiger partial charge in [0, 0.05) is 6.42 Å². The van der Waals surface area contributed by atoms with E-state index in [2.05, 4.69) is 35.2 Å². The Morgan fingerprint density at radius 3 is 2.50 bits per heavy atom. The maximum absolute atomic E-state index is 6.12. The Morgan fingerprint density at radius 2 is 1.73 bits per heavy atom. The molecule has 4 aromatic rings. The highest BCUT2D eigenvalue weighted by atomic mass is 35.5. The molecule has 1 fully saturated rings. The third kappa shape index (κ3) is 4.43. The molecule has 5 rings (SSSR count). The molecule has 0 N–H and O–H groups in total. The van der Waals surface area contributed by atoms with Gasteiger partial charge in [-0.25, -0.2) is 9.50 Å². The Morgan fingerprint density at radius 1 is 0.933 bits per heavy atom. The third-order valence-corrected chi connectivity index (χ3v) is 7.01. The number of likely N-dealkylation sites (tertiary alicyclic amines) is 1. The van der Waals surface area contributed by atoms with E-state index in [9.17, 15) is 0 Å². The van der Waals surface area contributed by atoms with E-state index in [0.717, 1.165) is 39.2 Å². The van der Waals surface area contributed by atoms with Gasteiger partial charge in [0.1, 0.15) is 0 Å². The number of nitrogens with zero attached hydrogens (tertiary/aromatic N) is 4. The number of hydrogen-bond acceptors (Lipinski definition) is 4. The van der Waals surface area contributed by atoms with E-state index in [-0.39, 0.29) is 0 Å². The number of benzene rings is 1. The van der Waals surface area contributed by atoms with E-state index in [1.807, 2.05) is 28.8 Å². The minimum atomic E-state index is 0.736. The Labute approximate surface area is 186 Å². The van der Waals surface area contributed by atoms with Gasteiger partial charge in [-0.15, -0.1) is 11.3 Å². The van der Waals surface area contributed by atoms with Gasteiger partial charge in [-0.05, 0) is 80.7 Å². The number of hydrogen-bond donors (Lipinski definition) is 0. The molecule has 0 radical (unpaired) electrons. The summed E-state index contributed by atoms with van der Waals surface area (Å²) < 4.78 is 2.70. The molecule has 6 heteroatoms. The fourth-order valence-corrected chi connectivity index (χ4v) is 5.24. The minimum Gasteiger partial charge on any atom is -0.303 e. The van der Waals surface area contributed by atoms with Crippen molar-refractivity contribution in [2.24, 2.45) is 0 Å². The van der Waals surface area contributed by atoms with Crippen molar-refractivity contribution in [3.05, 3.63) is 75.9 Å². The largest absolute Gasteiger partial charge is 0.303 e. The molecule has 0 saturated carbocycles. The van der Waals surface area contributed by atoms with Crippen molar-refractivity contribution in [1.82, 2.24) is 19.5 Å². The van der Waals surface area contributed by atoms with E-state index in [1.165, 1.54) is 50.0 Å². The zero-order chi connectivity index (χ0) is 20.3. The Hall–Kier alpha value is -2.21. The van der Waals surface area contributed by atoms with Crippen LogP contribution in [0.4, 0.5) is 0 Å². The fraction of sp³-hybridized carbons (Fsp3) is 0.333. The van der Waals surface area contributed by atoms with Crippen LogP contribution in [0, 0.1) is 0 Å². The molecule has 0 unspecified atom stereocenters. The molecule has 0 amide bonds. The van der Waals surface area contributed by atoms with Crippen LogP contribution in [0.3, 0.4) is 0 Å². The average molecular weight is 437 g/mol. The van der Waals surface area contributed by atoms with Crippen LogP contribution >= 0.6 is 22.9 Å². The smallest absolute Gasteiger partial charge is 0.156 e. The first-order valence-electron chi connectivity index (χ1n) is 10.7. The summed E-state index contributed by atoms with van der Waals surface area (Å²) in [6.07, 6.45) is 5.86. The van der Waals surface area contributed by atoms with Crippen LogP contribution in [-0.4, -0.2) is 39.1 Å². The molecule has 0 bridgehead atoms. The molecule has 0 atom stereocenters. The summed E-state index contributed by atoms with van der Waals surface area (Å²) in [5, 5.41) is 4.77. The van der Waals surface area contributed by atoms with E-state index in [1.54, 1.807) is 11.3 Å². The summed E-state index contributed by atoms with van der Waals surface area (Å²) in [7, 11) is 0. The summed E-state index contributed by atoms with van der Waals surface area (Å²) in [4.78, 5) is 8.42. The SMILES string of the molecule is Clc1ccc(-c2cccc3nc(Cc4ccc(CCCN5CCCC5)cc4)nn23)s1. The van der Waals surface area contributed by atoms with Crippen molar-refractivity contribution in [3.8, 4) is 10.6 Å². The second-order valence-corrected chi connectivity index (χ2v) is 9.67. The number of rotatable bonds is 7. The van der Waals surface area contributed by atoms with Gasteiger partial charge in [-0.2, -0.15) is 5.10 Å². The van der Waals surface area contributed by atoms with Crippen molar-refractivity contribution in [2.45, 2.75) is 32.1 Å². The normalized spacial score (nSPS) is 14.7. The Kier molecular flexibility index (Phi) is 5.84. The third-order valence-electron chi connectivity index (χ3n) is 5.75. The van der Waals surface area contributed by atoms with Crippen molar-refractivity contribution >= 4 is 28.6 Å². The molecule has 3 aromatic heterocycles. The van der Waals surface area contributed by atoms with Gasteiger partial charge in [-0.1, -0.05) is 41.9 Å². The van der Waals surface area contributed by atoms with Crippen LogP contribution in [0.5, 0.6) is 0 Å². The number of aromatic nitrogens is 3. The quantitative estimate of drug-likeness (QED) is 0.371. The molecular weight excluding hydrogens is 412 g/mol. The highest BCUT2D eigenvalue weighted by molar-refractivity contribution is 7.19. The van der Waals surface area contributed by atoms with Gasteiger partial charge in [0.05, 0.1) is 14.9 Å². The van der Waals surface area contributed by atoms with Gasteiger partial charge < -0.3 is 4.90 Å². The number of pyridine rings is 1. The zero-order valence-electron chi connectivity index (χ0n) is 16.9. The molecule has 4 nitrogen and oxygen atoms in total. The monoisotopic (exact) mass is 436 g/mol. The molecule has 0 spiro atoms. The standard InChI is InChI=1S/C24H25ClN4S/c25-22-13-12-21(30-22)20-6-3-7-24-26-23(27-29(20)24)17-19-10-8-18(9-11-19)5-4-16-28-14-1-2-15-28/h3,6-13H,1-2,4-5,14-17H2. The number of fused-ring (bicyclic) bond motifs is 1. The fourth-order valence-electron chi connectivity index (χ4n) is 4.18. The zero-order valence-corrected chi connectivity index (χ0v) is 18.5. The van der Waals surface area contributed by atoms with Crippen LogP contribution < -0.4 is 0 Å². The predicted molar refractivity (Wildman–Crippen MR) is 125 cm³/mol. The van der Waals surface area contributed by atoms with Crippen molar-refractivity contribution in [3.63, 3.8) is 0 Å². The highest BCUT2D eigenvalue weighted by Gasteiger charge is 2.12. The average Bonchev–Trinajstić information content (AvgIpc) is 3.50. The number of aryl methyl sites for hydroxylation is 1. The van der Waals surface area contributed by atoms with E-state index >= 15 is 0 Å². The molecule has 1 aliphatic heterocycles. The second-order valence-electron chi connectivity index (χ2n) is 7.96. The van der Waals surface area contributed by atoms with Crippen LogP contribution in [0.15, 0.2) is 54.6 Å². The lowest BCUT2D eigenvalue weighted by Crippen LogP contribution is -2.20. The summed E-state index contributed by atoms with van der Waals surface area (Å²) >= 11 is 7.68. The van der Waals surface area contributed by atoms with Gasteiger partial charge in [-0.3, -0.25) is 0 Å². The molecule has 30 heavy (non-hydrogen) atoms. The summed E-state index contributed by atoms with van der Waals surface area (Å²) in [6.45, 7) is 3.79. The maximum Gasteiger partial charge on any atom is 0.156 e. The summed E-state index contributed by atoms with van der Waals surface area (Å²) in [6, 6.07) is 19.0. The Bertz CT molecular complexity index is 1130. The molecule has 4 heterocycles. The molecule has 0 aliphatic carbocycles. The van der Waals surface area contributed by atoms with Crippen LogP contribution in [-0.2, 0) is 12.8 Å². The lowest BCUT2D eigenvalue weighted by Gasteiger charge is -2.13. The summed E-state index contributed by atoms with van der Waals surface area (Å²) in [5.41, 5.74) is 4.55. The van der Waals surface area contributed by atoms with Crippen molar-refractivity contribution < 1.29 is 0 Å². The van der Waals surface area contributed by atoms with Crippen LogP contribution in [0.25, 0.3) is 16.2 Å². The van der Waals surface area contributed by atoms with Gasteiger partial charge >= 0.3 is 0 Å². The van der Waals surface area contributed by atoms with Crippen LogP contribution in [0.1, 0.15) is 36.2 Å². The lowest BCUT2D eigenvalue weighted by molar-refractivity contribution is 0.334. The number of thiophene rings is 1. The second kappa shape index (κ2) is 8.88. The first kappa shape index (κ1) is 19.7. The molecule has 1 aromatic carbocycles. The van der Waals surface area contributed by atoms with E-state index < -0.39 is 0 Å². The highest BCUT2D eigenvalue weighted by Crippen LogP contribution is 2.31. The summed E-state index contributed by atoms with van der Waals surface area (Å²) in [5.74, 6) is 0.840.